The van der Waals surface area contributed by atoms with Gasteiger partial charge in [-0.05, 0) is 24.3 Å². The van der Waals surface area contributed by atoms with Crippen molar-refractivity contribution in [3.05, 3.63) is 69.2 Å². The molecule has 2 heterocycles. The number of aromatic amines is 1. The lowest BCUT2D eigenvalue weighted by atomic mass is 10.3. The summed E-state index contributed by atoms with van der Waals surface area (Å²) in [5, 5.41) is 1.60. The standard InChI is InChI=1S/C8H7NOS.C7H5NOS.C2H6/c1-9-8(10)6-4-2-3-5-7(6)11-9;9-7-5-3-1-2-4-6(5)10-8-7;1-2/h2-5H,1H3;1-4H,(H,8,9);1-2H3. The normalized spacial score (nSPS) is 9.87. The Morgan fingerprint density at radius 1 is 0.870 bits per heavy atom. The number of benzene rings is 2. The van der Waals surface area contributed by atoms with Crippen LogP contribution in [0.25, 0.3) is 20.2 Å². The molecule has 0 saturated heterocycles. The van der Waals surface area contributed by atoms with Crippen molar-refractivity contribution in [1.29, 1.82) is 0 Å². The fraction of sp³-hybridized carbons (Fsp3) is 0.176. The van der Waals surface area contributed by atoms with Crippen molar-refractivity contribution in [2.75, 3.05) is 0 Å². The summed E-state index contributed by atoms with van der Waals surface area (Å²) in [6.07, 6.45) is 0. The molecule has 0 unspecified atom stereocenters. The van der Waals surface area contributed by atoms with Gasteiger partial charge in [0.05, 0.1) is 20.2 Å². The maximum atomic E-state index is 11.3. The molecule has 6 heteroatoms. The summed E-state index contributed by atoms with van der Waals surface area (Å²) in [6.45, 7) is 4.00. The molecule has 4 nitrogen and oxygen atoms in total. The van der Waals surface area contributed by atoms with Crippen LogP contribution in [-0.4, -0.2) is 8.33 Å². The van der Waals surface area contributed by atoms with Crippen molar-refractivity contribution in [2.45, 2.75) is 13.8 Å². The molecule has 4 aromatic rings. The van der Waals surface area contributed by atoms with Crippen molar-refractivity contribution in [1.82, 2.24) is 8.33 Å². The van der Waals surface area contributed by atoms with E-state index in [1.165, 1.54) is 23.1 Å². The molecule has 0 saturated carbocycles. The number of fused-ring (bicyclic) bond motifs is 2. The zero-order valence-corrected chi connectivity index (χ0v) is 14.8. The van der Waals surface area contributed by atoms with Gasteiger partial charge >= 0.3 is 0 Å². The Morgan fingerprint density at radius 2 is 1.43 bits per heavy atom. The molecule has 1 N–H and O–H groups in total. The molecule has 0 bridgehead atoms. The summed E-state index contributed by atoms with van der Waals surface area (Å²) in [5.41, 5.74) is 0.117. The molecule has 0 radical (unpaired) electrons. The van der Waals surface area contributed by atoms with E-state index < -0.39 is 0 Å². The van der Waals surface area contributed by atoms with Gasteiger partial charge in [0, 0.05) is 7.05 Å². The van der Waals surface area contributed by atoms with E-state index >= 15 is 0 Å². The monoisotopic (exact) mass is 346 g/mol. The Labute approximate surface area is 141 Å². The Kier molecular flexibility index (Phi) is 5.90. The second-order valence-electron chi connectivity index (χ2n) is 4.42. The fourth-order valence-electron chi connectivity index (χ4n) is 1.98. The van der Waals surface area contributed by atoms with E-state index in [9.17, 15) is 9.59 Å². The van der Waals surface area contributed by atoms with Crippen LogP contribution in [0, 0.1) is 0 Å². The second kappa shape index (κ2) is 7.89. The van der Waals surface area contributed by atoms with Crippen LogP contribution in [-0.2, 0) is 7.05 Å². The molecule has 2 aromatic heterocycles. The maximum Gasteiger partial charge on any atom is 0.268 e. The van der Waals surface area contributed by atoms with Crippen LogP contribution in [0.5, 0.6) is 0 Å². The number of hydrogen-bond donors (Lipinski definition) is 1. The van der Waals surface area contributed by atoms with Crippen LogP contribution < -0.4 is 11.1 Å². The Bertz CT molecular complexity index is 1010. The van der Waals surface area contributed by atoms with E-state index in [2.05, 4.69) is 4.37 Å². The van der Waals surface area contributed by atoms with Gasteiger partial charge in [0.15, 0.2) is 0 Å². The third-order valence-electron chi connectivity index (χ3n) is 3.02. The van der Waals surface area contributed by atoms with E-state index in [-0.39, 0.29) is 11.1 Å². The van der Waals surface area contributed by atoms with Crippen LogP contribution in [0.2, 0.25) is 0 Å². The predicted octanol–water partition coefficient (Wildman–Crippen LogP) is 4.22. The van der Waals surface area contributed by atoms with Gasteiger partial charge in [-0.1, -0.05) is 61.2 Å². The number of nitrogens with zero attached hydrogens (tertiary/aromatic N) is 1. The van der Waals surface area contributed by atoms with E-state index in [1.807, 2.05) is 62.4 Å². The summed E-state index contributed by atoms with van der Waals surface area (Å²) in [7, 11) is 1.78. The molecule has 2 aromatic carbocycles. The van der Waals surface area contributed by atoms with E-state index in [0.29, 0.717) is 0 Å². The molecule has 0 amide bonds. The third kappa shape index (κ3) is 3.78. The molecule has 0 fully saturated rings. The Morgan fingerprint density at radius 3 is 2.04 bits per heavy atom. The van der Waals surface area contributed by atoms with Crippen LogP contribution in [0.4, 0.5) is 0 Å². The minimum Gasteiger partial charge on any atom is -0.277 e. The quantitative estimate of drug-likeness (QED) is 0.518. The molecule has 0 atom stereocenters. The SMILES string of the molecule is CC.Cn1sc2ccccc2c1=O.O=c1[nH]sc2ccccc12. The average Bonchev–Trinajstić information content (AvgIpc) is 3.12. The lowest BCUT2D eigenvalue weighted by Gasteiger charge is -1.79. The molecule has 4 rings (SSSR count). The molecule has 0 spiro atoms. The molecular weight excluding hydrogens is 328 g/mol. The average molecular weight is 346 g/mol. The Balaban J connectivity index is 0.000000152. The first-order valence-corrected chi connectivity index (χ1v) is 8.87. The lowest BCUT2D eigenvalue weighted by Crippen LogP contribution is -2.07. The molecule has 0 aliphatic carbocycles. The summed E-state index contributed by atoms with van der Waals surface area (Å²) < 4.78 is 6.38. The zero-order valence-electron chi connectivity index (χ0n) is 13.2. The van der Waals surface area contributed by atoms with Crippen LogP contribution in [0.15, 0.2) is 58.1 Å². The minimum absolute atomic E-state index is 0.0144. The van der Waals surface area contributed by atoms with Crippen molar-refractivity contribution in [3.63, 3.8) is 0 Å². The third-order valence-corrected chi connectivity index (χ3v) is 4.88. The number of rotatable bonds is 0. The van der Waals surface area contributed by atoms with Crippen molar-refractivity contribution in [3.8, 4) is 0 Å². The minimum atomic E-state index is 0.0144. The summed E-state index contributed by atoms with van der Waals surface area (Å²) in [6, 6.07) is 15.2. The summed E-state index contributed by atoms with van der Waals surface area (Å²) >= 11 is 2.86. The topological polar surface area (TPSA) is 54.9 Å². The van der Waals surface area contributed by atoms with Gasteiger partial charge < -0.3 is 0 Å². The van der Waals surface area contributed by atoms with Gasteiger partial charge in [0.25, 0.3) is 11.1 Å². The second-order valence-corrected chi connectivity index (χ2v) is 6.44. The van der Waals surface area contributed by atoms with Crippen molar-refractivity contribution in [2.24, 2.45) is 7.05 Å². The van der Waals surface area contributed by atoms with Gasteiger partial charge in [-0.3, -0.25) is 17.9 Å². The molecular formula is C17H18N2O2S2. The number of aryl methyl sites for hydroxylation is 1. The largest absolute Gasteiger partial charge is 0.277 e. The zero-order chi connectivity index (χ0) is 16.8. The lowest BCUT2D eigenvalue weighted by molar-refractivity contribution is 0.989. The van der Waals surface area contributed by atoms with Crippen molar-refractivity contribution >= 4 is 43.2 Å². The van der Waals surface area contributed by atoms with Gasteiger partial charge in [-0.2, -0.15) is 0 Å². The molecule has 0 aliphatic heterocycles. The van der Waals surface area contributed by atoms with E-state index in [4.69, 9.17) is 0 Å². The van der Waals surface area contributed by atoms with Gasteiger partial charge in [-0.25, -0.2) is 0 Å². The van der Waals surface area contributed by atoms with Crippen LogP contribution >= 0.6 is 23.1 Å². The fourth-order valence-corrected chi connectivity index (χ4v) is 3.58. The number of nitrogens with one attached hydrogen (secondary N) is 1. The van der Waals surface area contributed by atoms with E-state index in [0.717, 1.165) is 20.2 Å². The van der Waals surface area contributed by atoms with E-state index in [1.54, 1.807) is 11.0 Å². The van der Waals surface area contributed by atoms with Gasteiger partial charge in [0.2, 0.25) is 0 Å². The highest BCUT2D eigenvalue weighted by molar-refractivity contribution is 7.13. The Hall–Kier alpha value is -2.18. The first-order valence-electron chi connectivity index (χ1n) is 7.28. The predicted molar refractivity (Wildman–Crippen MR) is 101 cm³/mol. The van der Waals surface area contributed by atoms with Gasteiger partial charge in [-0.15, -0.1) is 0 Å². The first-order chi connectivity index (χ1) is 11.2. The molecule has 120 valence electrons. The maximum absolute atomic E-state index is 11.3. The first kappa shape index (κ1) is 17.2. The highest BCUT2D eigenvalue weighted by atomic mass is 32.1. The van der Waals surface area contributed by atoms with Gasteiger partial charge in [0.1, 0.15) is 0 Å². The highest BCUT2D eigenvalue weighted by Gasteiger charge is 2.01. The molecule has 0 aliphatic rings. The molecule has 23 heavy (non-hydrogen) atoms. The van der Waals surface area contributed by atoms with Crippen LogP contribution in [0.3, 0.4) is 0 Å². The van der Waals surface area contributed by atoms with Crippen molar-refractivity contribution < 1.29 is 0 Å². The number of hydrogen-bond acceptors (Lipinski definition) is 4. The number of H-pyrrole nitrogens is 1. The smallest absolute Gasteiger partial charge is 0.268 e. The van der Waals surface area contributed by atoms with Crippen LogP contribution in [0.1, 0.15) is 13.8 Å². The summed E-state index contributed by atoms with van der Waals surface area (Å²) in [5.74, 6) is 0. The summed E-state index contributed by atoms with van der Waals surface area (Å²) in [4.78, 5) is 22.2. The highest BCUT2D eigenvalue weighted by Crippen LogP contribution is 2.14. The number of aromatic nitrogens is 2.